The highest BCUT2D eigenvalue weighted by Gasteiger charge is 2.32. The minimum atomic E-state index is -3.54. The zero-order valence-electron chi connectivity index (χ0n) is 14.7. The summed E-state index contributed by atoms with van der Waals surface area (Å²) >= 11 is 0. The lowest BCUT2D eigenvalue weighted by Crippen LogP contribution is -2.42. The van der Waals surface area contributed by atoms with Gasteiger partial charge in [-0.2, -0.15) is 4.31 Å². The first-order valence-corrected chi connectivity index (χ1v) is 10.5. The summed E-state index contributed by atoms with van der Waals surface area (Å²) in [6.45, 7) is 3.32. The van der Waals surface area contributed by atoms with Gasteiger partial charge in [0.25, 0.3) is 5.91 Å². The molecule has 1 heterocycles. The molecule has 0 aromatic heterocycles. The van der Waals surface area contributed by atoms with Crippen LogP contribution in [0.2, 0.25) is 0 Å². The van der Waals surface area contributed by atoms with Crippen LogP contribution in [0.3, 0.4) is 0 Å². The summed E-state index contributed by atoms with van der Waals surface area (Å²) in [5.74, 6) is 0.213. The van der Waals surface area contributed by atoms with Gasteiger partial charge in [0.05, 0.1) is 4.90 Å². The van der Waals surface area contributed by atoms with Gasteiger partial charge in [-0.15, -0.1) is 0 Å². The molecule has 138 valence electrons. The van der Waals surface area contributed by atoms with Crippen molar-refractivity contribution in [3.63, 3.8) is 0 Å². The molecule has 2 fully saturated rings. The minimum absolute atomic E-state index is 0.0331. The molecule has 1 saturated carbocycles. The fraction of sp³-hybridized carbons (Fsp3) is 0.611. The van der Waals surface area contributed by atoms with Gasteiger partial charge in [-0.3, -0.25) is 4.79 Å². The summed E-state index contributed by atoms with van der Waals surface area (Å²) in [6.07, 6.45) is 5.01. The van der Waals surface area contributed by atoms with E-state index in [-0.39, 0.29) is 16.8 Å². The Balaban J connectivity index is 1.83. The minimum Gasteiger partial charge on any atom is -0.348 e. The summed E-state index contributed by atoms with van der Waals surface area (Å²) in [7, 11) is -3.54. The highest BCUT2D eigenvalue weighted by atomic mass is 32.2. The van der Waals surface area contributed by atoms with Gasteiger partial charge >= 0.3 is 0 Å². The van der Waals surface area contributed by atoms with Crippen molar-refractivity contribution in [2.45, 2.75) is 50.0 Å². The van der Waals surface area contributed by atoms with Gasteiger partial charge in [-0.05, 0) is 56.2 Å². The number of benzene rings is 1. The van der Waals surface area contributed by atoms with Crippen molar-refractivity contribution >= 4 is 15.9 Å². The van der Waals surface area contributed by atoms with Crippen LogP contribution in [-0.4, -0.2) is 44.3 Å². The second kappa shape index (κ2) is 7.43. The fourth-order valence-electron chi connectivity index (χ4n) is 3.37. The van der Waals surface area contributed by atoms with E-state index in [2.05, 4.69) is 5.32 Å². The Bertz CT molecular complexity index is 738. The molecule has 25 heavy (non-hydrogen) atoms. The van der Waals surface area contributed by atoms with Gasteiger partial charge in [0.1, 0.15) is 0 Å². The van der Waals surface area contributed by atoms with Crippen LogP contribution >= 0.6 is 0 Å². The van der Waals surface area contributed by atoms with Crippen molar-refractivity contribution in [3.8, 4) is 0 Å². The van der Waals surface area contributed by atoms with Crippen molar-refractivity contribution in [2.24, 2.45) is 11.7 Å². The Morgan fingerprint density at radius 3 is 2.56 bits per heavy atom. The number of sulfonamides is 1. The lowest BCUT2D eigenvalue weighted by molar-refractivity contribution is 0.0932. The van der Waals surface area contributed by atoms with Crippen LogP contribution in [-0.2, 0) is 10.0 Å². The van der Waals surface area contributed by atoms with E-state index in [0.29, 0.717) is 31.1 Å². The van der Waals surface area contributed by atoms with Crippen LogP contribution in [0.5, 0.6) is 0 Å². The Hall–Kier alpha value is -1.44. The van der Waals surface area contributed by atoms with Crippen LogP contribution < -0.4 is 11.1 Å². The number of amides is 1. The number of nitrogens with one attached hydrogen (secondary N) is 1. The molecular weight excluding hydrogens is 338 g/mol. The van der Waals surface area contributed by atoms with E-state index in [9.17, 15) is 13.2 Å². The molecule has 1 amide bonds. The standard InChI is InChI=1S/C18H27N3O3S/c1-13-5-8-15(25(23,24)21-9-3-2-4-10-21)11-16(13)18(22)20-17(12-19)14-6-7-14/h5,8,11,14,17H,2-4,6-7,9-10,12,19H2,1H3,(H,20,22). The maximum atomic E-state index is 12.8. The Kier molecular flexibility index (Phi) is 5.46. The van der Waals surface area contributed by atoms with Gasteiger partial charge in [-0.25, -0.2) is 8.42 Å². The monoisotopic (exact) mass is 365 g/mol. The van der Waals surface area contributed by atoms with Crippen molar-refractivity contribution in [1.29, 1.82) is 0 Å². The summed E-state index contributed by atoms with van der Waals surface area (Å²) in [4.78, 5) is 12.8. The third-order valence-electron chi connectivity index (χ3n) is 5.17. The number of hydrogen-bond acceptors (Lipinski definition) is 4. The first-order valence-electron chi connectivity index (χ1n) is 9.05. The summed E-state index contributed by atoms with van der Waals surface area (Å²) in [6, 6.07) is 4.78. The lowest BCUT2D eigenvalue weighted by atomic mass is 10.1. The molecule has 1 unspecified atom stereocenters. The molecule has 2 aliphatic rings. The molecule has 1 saturated heterocycles. The SMILES string of the molecule is Cc1ccc(S(=O)(=O)N2CCCCC2)cc1C(=O)NC(CN)C1CC1. The Morgan fingerprint density at radius 1 is 1.28 bits per heavy atom. The molecule has 1 atom stereocenters. The largest absolute Gasteiger partial charge is 0.348 e. The number of carbonyl (C=O) groups excluding carboxylic acids is 1. The first kappa shape index (κ1) is 18.4. The van der Waals surface area contributed by atoms with Crippen molar-refractivity contribution in [3.05, 3.63) is 29.3 Å². The van der Waals surface area contributed by atoms with E-state index in [1.807, 2.05) is 6.92 Å². The molecule has 6 nitrogen and oxygen atoms in total. The van der Waals surface area contributed by atoms with E-state index in [4.69, 9.17) is 5.73 Å². The number of hydrogen-bond donors (Lipinski definition) is 2. The average molecular weight is 365 g/mol. The highest BCUT2D eigenvalue weighted by Crippen LogP contribution is 2.32. The predicted molar refractivity (Wildman–Crippen MR) is 96.8 cm³/mol. The number of nitrogens with two attached hydrogens (primary N) is 1. The molecule has 7 heteroatoms. The molecule has 3 N–H and O–H groups in total. The second-order valence-corrected chi connectivity index (χ2v) is 9.03. The third-order valence-corrected chi connectivity index (χ3v) is 7.06. The Morgan fingerprint density at radius 2 is 1.96 bits per heavy atom. The highest BCUT2D eigenvalue weighted by molar-refractivity contribution is 7.89. The van der Waals surface area contributed by atoms with Crippen molar-refractivity contribution < 1.29 is 13.2 Å². The first-order chi connectivity index (χ1) is 11.9. The number of piperidine rings is 1. The number of rotatable bonds is 6. The average Bonchev–Trinajstić information content (AvgIpc) is 3.45. The smallest absolute Gasteiger partial charge is 0.251 e. The topological polar surface area (TPSA) is 92.5 Å². The molecular formula is C18H27N3O3S. The molecule has 1 aliphatic heterocycles. The maximum absolute atomic E-state index is 12.8. The van der Waals surface area contributed by atoms with E-state index in [1.54, 1.807) is 12.1 Å². The van der Waals surface area contributed by atoms with Crippen LogP contribution in [0.25, 0.3) is 0 Å². The van der Waals surface area contributed by atoms with Gasteiger partial charge in [0.15, 0.2) is 0 Å². The normalized spacial score (nSPS) is 20.2. The summed E-state index contributed by atoms with van der Waals surface area (Å²) in [5, 5.41) is 2.97. The van der Waals surface area contributed by atoms with Gasteiger partial charge < -0.3 is 11.1 Å². The van der Waals surface area contributed by atoms with E-state index in [1.165, 1.54) is 10.4 Å². The molecule has 0 spiro atoms. The van der Waals surface area contributed by atoms with Crippen molar-refractivity contribution in [2.75, 3.05) is 19.6 Å². The molecule has 1 aromatic carbocycles. The van der Waals surface area contributed by atoms with Crippen LogP contribution in [0.4, 0.5) is 0 Å². The fourth-order valence-corrected chi connectivity index (χ4v) is 4.92. The van der Waals surface area contributed by atoms with E-state index < -0.39 is 10.0 Å². The van der Waals surface area contributed by atoms with Crippen LogP contribution in [0.1, 0.15) is 48.0 Å². The quantitative estimate of drug-likeness (QED) is 0.801. The predicted octanol–water partition coefficient (Wildman–Crippen LogP) is 1.64. The van der Waals surface area contributed by atoms with Gasteiger partial charge in [-0.1, -0.05) is 12.5 Å². The summed E-state index contributed by atoms with van der Waals surface area (Å²) < 4.78 is 27.2. The maximum Gasteiger partial charge on any atom is 0.251 e. The molecule has 0 radical (unpaired) electrons. The molecule has 1 aromatic rings. The Labute approximate surface area is 149 Å². The van der Waals surface area contributed by atoms with Crippen molar-refractivity contribution in [1.82, 2.24) is 9.62 Å². The lowest BCUT2D eigenvalue weighted by Gasteiger charge is -2.26. The zero-order valence-corrected chi connectivity index (χ0v) is 15.5. The van der Waals surface area contributed by atoms with Crippen LogP contribution in [0.15, 0.2) is 23.1 Å². The number of aryl methyl sites for hydroxylation is 1. The van der Waals surface area contributed by atoms with E-state index in [0.717, 1.165) is 37.7 Å². The zero-order chi connectivity index (χ0) is 18.0. The van der Waals surface area contributed by atoms with Gasteiger partial charge in [0, 0.05) is 31.2 Å². The number of nitrogens with zero attached hydrogens (tertiary/aromatic N) is 1. The second-order valence-electron chi connectivity index (χ2n) is 7.09. The molecule has 0 bridgehead atoms. The van der Waals surface area contributed by atoms with Crippen LogP contribution in [0, 0.1) is 12.8 Å². The summed E-state index contributed by atoms with van der Waals surface area (Å²) in [5.41, 5.74) is 6.94. The number of carbonyl (C=O) groups is 1. The third kappa shape index (κ3) is 4.04. The van der Waals surface area contributed by atoms with Gasteiger partial charge in [0.2, 0.25) is 10.0 Å². The molecule has 1 aliphatic carbocycles. The van der Waals surface area contributed by atoms with E-state index >= 15 is 0 Å². The molecule has 3 rings (SSSR count).